The van der Waals surface area contributed by atoms with E-state index in [-0.39, 0.29) is 6.10 Å². The van der Waals surface area contributed by atoms with Crippen molar-refractivity contribution in [1.82, 2.24) is 0 Å². The van der Waals surface area contributed by atoms with Crippen molar-refractivity contribution in [2.45, 2.75) is 31.7 Å². The largest absolute Gasteiger partial charge is 0.347 e. The quantitative estimate of drug-likeness (QED) is 0.830. The Kier molecular flexibility index (Phi) is 3.86. The number of ether oxygens (including phenoxy) is 2. The highest BCUT2D eigenvalue weighted by Gasteiger charge is 2.37. The fourth-order valence-electron chi connectivity index (χ4n) is 2.60. The lowest BCUT2D eigenvalue weighted by atomic mass is 10.1. The van der Waals surface area contributed by atoms with Crippen molar-refractivity contribution in [3.05, 3.63) is 71.8 Å². The lowest BCUT2D eigenvalue weighted by molar-refractivity contribution is -0.158. The first-order chi connectivity index (χ1) is 9.75. The lowest BCUT2D eigenvalue weighted by Crippen LogP contribution is -2.26. The number of benzene rings is 2. The van der Waals surface area contributed by atoms with E-state index in [4.69, 9.17) is 9.47 Å². The Bertz CT molecular complexity index is 538. The molecule has 0 radical (unpaired) electrons. The number of hydrogen-bond donors (Lipinski definition) is 0. The van der Waals surface area contributed by atoms with Crippen LogP contribution in [0.15, 0.2) is 60.7 Å². The Hall–Kier alpha value is -1.64. The van der Waals surface area contributed by atoms with Crippen molar-refractivity contribution < 1.29 is 9.47 Å². The first-order valence-electron chi connectivity index (χ1n) is 7.16. The van der Waals surface area contributed by atoms with E-state index in [1.165, 1.54) is 11.1 Å². The van der Waals surface area contributed by atoms with Gasteiger partial charge in [0.15, 0.2) is 5.79 Å². The van der Waals surface area contributed by atoms with Crippen molar-refractivity contribution in [3.8, 4) is 0 Å². The summed E-state index contributed by atoms with van der Waals surface area (Å²) in [7, 11) is 0. The maximum Gasteiger partial charge on any atom is 0.166 e. The van der Waals surface area contributed by atoms with Crippen LogP contribution in [0, 0.1) is 0 Å². The topological polar surface area (TPSA) is 18.5 Å². The maximum atomic E-state index is 6.13. The van der Waals surface area contributed by atoms with E-state index in [9.17, 15) is 0 Å². The molecule has 0 amide bonds. The molecule has 1 heterocycles. The molecule has 2 aromatic carbocycles. The molecule has 2 nitrogen and oxygen atoms in total. The Morgan fingerprint density at radius 1 is 1.00 bits per heavy atom. The lowest BCUT2D eigenvalue weighted by Gasteiger charge is -2.23. The van der Waals surface area contributed by atoms with Gasteiger partial charge in [0, 0.05) is 6.42 Å². The van der Waals surface area contributed by atoms with Crippen molar-refractivity contribution in [3.63, 3.8) is 0 Å². The molecule has 0 aromatic heterocycles. The van der Waals surface area contributed by atoms with Gasteiger partial charge in [0.25, 0.3) is 0 Å². The Labute approximate surface area is 120 Å². The molecular formula is C18H20O2. The molecule has 1 saturated heterocycles. The summed E-state index contributed by atoms with van der Waals surface area (Å²) in [6, 6.07) is 20.8. The third-order valence-corrected chi connectivity index (χ3v) is 3.81. The minimum absolute atomic E-state index is 0.0528. The SMILES string of the molecule is C[C@@]1(CCc2ccccc2)OC[C@H](c2ccccc2)O1. The van der Waals surface area contributed by atoms with Crippen LogP contribution >= 0.6 is 0 Å². The average Bonchev–Trinajstić information content (AvgIpc) is 2.90. The summed E-state index contributed by atoms with van der Waals surface area (Å²) in [5.41, 5.74) is 2.51. The molecule has 3 rings (SSSR count). The van der Waals surface area contributed by atoms with Crippen molar-refractivity contribution in [2.75, 3.05) is 6.61 Å². The van der Waals surface area contributed by atoms with E-state index in [0.29, 0.717) is 6.61 Å². The second kappa shape index (κ2) is 5.78. The molecule has 2 aromatic rings. The Morgan fingerprint density at radius 2 is 1.65 bits per heavy atom. The maximum absolute atomic E-state index is 6.13. The number of rotatable bonds is 4. The Morgan fingerprint density at radius 3 is 2.35 bits per heavy atom. The zero-order valence-corrected chi connectivity index (χ0v) is 11.8. The van der Waals surface area contributed by atoms with E-state index < -0.39 is 5.79 Å². The van der Waals surface area contributed by atoms with Gasteiger partial charge in [-0.2, -0.15) is 0 Å². The van der Waals surface area contributed by atoms with Gasteiger partial charge >= 0.3 is 0 Å². The summed E-state index contributed by atoms with van der Waals surface area (Å²) in [4.78, 5) is 0. The molecule has 20 heavy (non-hydrogen) atoms. The molecule has 0 bridgehead atoms. The number of aryl methyl sites for hydroxylation is 1. The van der Waals surface area contributed by atoms with Crippen LogP contribution in [0.2, 0.25) is 0 Å². The highest BCUT2D eigenvalue weighted by atomic mass is 16.7. The van der Waals surface area contributed by atoms with Gasteiger partial charge in [-0.25, -0.2) is 0 Å². The summed E-state index contributed by atoms with van der Waals surface area (Å²) in [5, 5.41) is 0. The third kappa shape index (κ3) is 3.09. The Balaban J connectivity index is 1.61. The van der Waals surface area contributed by atoms with Crippen molar-refractivity contribution in [1.29, 1.82) is 0 Å². The summed E-state index contributed by atoms with van der Waals surface area (Å²) in [5.74, 6) is -0.476. The molecule has 1 aliphatic rings. The smallest absolute Gasteiger partial charge is 0.166 e. The van der Waals surface area contributed by atoms with Crippen LogP contribution in [-0.2, 0) is 15.9 Å². The van der Waals surface area contributed by atoms with Gasteiger partial charge in [-0.3, -0.25) is 0 Å². The predicted octanol–water partition coefficient (Wildman–Crippen LogP) is 4.12. The molecule has 1 fully saturated rings. The summed E-state index contributed by atoms with van der Waals surface area (Å²) >= 11 is 0. The van der Waals surface area contributed by atoms with Crippen LogP contribution < -0.4 is 0 Å². The van der Waals surface area contributed by atoms with Gasteiger partial charge in [0.05, 0.1) is 6.61 Å². The second-order valence-electron chi connectivity index (χ2n) is 5.45. The summed E-state index contributed by atoms with van der Waals surface area (Å²) in [6.07, 6.45) is 1.90. The molecule has 0 aliphatic carbocycles. The third-order valence-electron chi connectivity index (χ3n) is 3.81. The predicted molar refractivity (Wildman–Crippen MR) is 79.4 cm³/mol. The van der Waals surface area contributed by atoms with Crippen molar-refractivity contribution >= 4 is 0 Å². The first-order valence-corrected chi connectivity index (χ1v) is 7.16. The zero-order chi connectivity index (χ0) is 13.8. The van der Waals surface area contributed by atoms with Gasteiger partial charge in [0.1, 0.15) is 6.10 Å². The van der Waals surface area contributed by atoms with Crippen molar-refractivity contribution in [2.24, 2.45) is 0 Å². The van der Waals surface area contributed by atoms with Crippen LogP contribution in [0.25, 0.3) is 0 Å². The fourth-order valence-corrected chi connectivity index (χ4v) is 2.60. The molecule has 0 spiro atoms. The van der Waals surface area contributed by atoms with E-state index in [2.05, 4.69) is 36.4 Å². The molecule has 0 N–H and O–H groups in total. The van der Waals surface area contributed by atoms with E-state index in [0.717, 1.165) is 12.8 Å². The molecule has 2 atom stereocenters. The average molecular weight is 268 g/mol. The van der Waals surface area contributed by atoms with E-state index in [1.807, 2.05) is 31.2 Å². The molecule has 0 unspecified atom stereocenters. The minimum atomic E-state index is -0.476. The van der Waals surface area contributed by atoms with E-state index >= 15 is 0 Å². The molecule has 1 aliphatic heterocycles. The molecule has 104 valence electrons. The first kappa shape index (κ1) is 13.3. The fraction of sp³-hybridized carbons (Fsp3) is 0.333. The van der Waals surface area contributed by atoms with Gasteiger partial charge in [-0.1, -0.05) is 60.7 Å². The van der Waals surface area contributed by atoms with E-state index in [1.54, 1.807) is 0 Å². The molecule has 0 saturated carbocycles. The van der Waals surface area contributed by atoms with Crippen LogP contribution in [0.3, 0.4) is 0 Å². The minimum Gasteiger partial charge on any atom is -0.347 e. The summed E-state index contributed by atoms with van der Waals surface area (Å²) in [6.45, 7) is 2.67. The van der Waals surface area contributed by atoms with Gasteiger partial charge < -0.3 is 9.47 Å². The zero-order valence-electron chi connectivity index (χ0n) is 11.8. The standard InChI is InChI=1S/C18H20O2/c1-18(13-12-15-8-4-2-5-9-15)19-14-17(20-18)16-10-6-3-7-11-16/h2-11,17H,12-14H2,1H3/t17-,18-/m1/s1. The highest BCUT2D eigenvalue weighted by Crippen LogP contribution is 2.35. The van der Waals surface area contributed by atoms with Gasteiger partial charge in [-0.15, -0.1) is 0 Å². The normalized spacial score (nSPS) is 25.8. The van der Waals surface area contributed by atoms with Gasteiger partial charge in [-0.05, 0) is 24.5 Å². The molecular weight excluding hydrogens is 248 g/mol. The van der Waals surface area contributed by atoms with Crippen LogP contribution in [0.1, 0.15) is 30.6 Å². The number of hydrogen-bond acceptors (Lipinski definition) is 2. The van der Waals surface area contributed by atoms with Crippen LogP contribution in [0.4, 0.5) is 0 Å². The van der Waals surface area contributed by atoms with Gasteiger partial charge in [0.2, 0.25) is 0 Å². The second-order valence-corrected chi connectivity index (χ2v) is 5.45. The van der Waals surface area contributed by atoms with Crippen LogP contribution in [-0.4, -0.2) is 12.4 Å². The summed E-state index contributed by atoms with van der Waals surface area (Å²) < 4.78 is 12.0. The monoisotopic (exact) mass is 268 g/mol. The highest BCUT2D eigenvalue weighted by molar-refractivity contribution is 5.19. The van der Waals surface area contributed by atoms with Crippen LogP contribution in [0.5, 0.6) is 0 Å². The molecule has 2 heteroatoms.